The predicted octanol–water partition coefficient (Wildman–Crippen LogP) is 3.12. The fourth-order valence-electron chi connectivity index (χ4n) is 2.35. The summed E-state index contributed by atoms with van der Waals surface area (Å²) in [5, 5.41) is 0. The molecule has 3 nitrogen and oxygen atoms in total. The molecule has 0 unspecified atom stereocenters. The molecule has 0 spiro atoms. The van der Waals surface area contributed by atoms with Crippen LogP contribution in [0.5, 0.6) is 0 Å². The van der Waals surface area contributed by atoms with Crippen LogP contribution >= 0.6 is 0 Å². The Labute approximate surface area is 122 Å². The van der Waals surface area contributed by atoms with Gasteiger partial charge in [0.05, 0.1) is 6.42 Å². The number of rotatable bonds is 5. The first-order chi connectivity index (χ1) is 9.83. The van der Waals surface area contributed by atoms with Crippen LogP contribution in [0.25, 0.3) is 0 Å². The van der Waals surface area contributed by atoms with Crippen molar-refractivity contribution in [2.45, 2.75) is 38.8 Å². The fraction of sp³-hybridized carbons (Fsp3) is 0.600. The summed E-state index contributed by atoms with van der Waals surface area (Å²) >= 11 is 0. The minimum Gasteiger partial charge on any atom is -0.333 e. The largest absolute Gasteiger partial charge is 0.406 e. The lowest BCUT2D eigenvalue weighted by Crippen LogP contribution is -2.43. The van der Waals surface area contributed by atoms with Crippen LogP contribution in [0.4, 0.5) is 13.2 Å². The van der Waals surface area contributed by atoms with E-state index in [2.05, 4.69) is 4.98 Å². The number of amides is 1. The summed E-state index contributed by atoms with van der Waals surface area (Å²) in [5.41, 5.74) is 1.46. The summed E-state index contributed by atoms with van der Waals surface area (Å²) in [4.78, 5) is 17.2. The molecule has 0 saturated heterocycles. The first-order valence-corrected chi connectivity index (χ1v) is 7.09. The number of aryl methyl sites for hydroxylation is 1. The number of nitrogens with zero attached hydrogens (tertiary/aromatic N) is 2. The van der Waals surface area contributed by atoms with Crippen molar-refractivity contribution in [3.8, 4) is 0 Å². The van der Waals surface area contributed by atoms with Crippen molar-refractivity contribution < 1.29 is 18.0 Å². The van der Waals surface area contributed by atoms with E-state index in [0.717, 1.165) is 29.9 Å². The topological polar surface area (TPSA) is 33.2 Å². The normalized spacial score (nSPS) is 15.6. The molecule has 116 valence electrons. The summed E-state index contributed by atoms with van der Waals surface area (Å²) < 4.78 is 37.9. The molecule has 1 amide bonds. The van der Waals surface area contributed by atoms with Gasteiger partial charge in [-0.3, -0.25) is 9.78 Å². The molecule has 6 heteroatoms. The van der Waals surface area contributed by atoms with Crippen molar-refractivity contribution in [3.05, 3.63) is 29.6 Å². The maximum Gasteiger partial charge on any atom is 0.406 e. The summed E-state index contributed by atoms with van der Waals surface area (Å²) in [6, 6.07) is 3.48. The van der Waals surface area contributed by atoms with Gasteiger partial charge in [-0.15, -0.1) is 0 Å². The summed E-state index contributed by atoms with van der Waals surface area (Å²) in [5.74, 6) is -0.266. The number of pyridine rings is 1. The predicted molar refractivity (Wildman–Crippen MR) is 72.7 cm³/mol. The van der Waals surface area contributed by atoms with Crippen LogP contribution in [0, 0.1) is 12.8 Å². The maximum absolute atomic E-state index is 12.6. The number of hydrogen-bond donors (Lipinski definition) is 0. The molecule has 0 atom stereocenters. The first-order valence-electron chi connectivity index (χ1n) is 7.09. The lowest BCUT2D eigenvalue weighted by Gasteiger charge is -2.33. The van der Waals surface area contributed by atoms with Crippen LogP contribution in [-0.2, 0) is 11.2 Å². The van der Waals surface area contributed by atoms with Gasteiger partial charge in [-0.2, -0.15) is 13.2 Å². The molecule has 0 radical (unpaired) electrons. The van der Waals surface area contributed by atoms with Gasteiger partial charge in [0.25, 0.3) is 0 Å². The van der Waals surface area contributed by atoms with E-state index in [0.29, 0.717) is 5.56 Å². The molecular weight excluding hydrogens is 281 g/mol. The van der Waals surface area contributed by atoms with E-state index in [1.54, 1.807) is 18.3 Å². The number of carbonyl (C=O) groups is 1. The highest BCUT2D eigenvalue weighted by atomic mass is 19.4. The Kier molecular flexibility index (Phi) is 4.85. The molecule has 1 aromatic rings. The Balaban J connectivity index is 2.00. The third-order valence-electron chi connectivity index (χ3n) is 3.75. The smallest absolute Gasteiger partial charge is 0.333 e. The highest BCUT2D eigenvalue weighted by Gasteiger charge is 2.34. The average molecular weight is 300 g/mol. The van der Waals surface area contributed by atoms with Crippen LogP contribution in [0.1, 0.15) is 30.5 Å². The van der Waals surface area contributed by atoms with Gasteiger partial charge in [-0.05, 0) is 37.3 Å². The molecule has 1 saturated carbocycles. The Morgan fingerprint density at radius 2 is 2.10 bits per heavy atom. The molecule has 1 aromatic heterocycles. The molecule has 0 aliphatic heterocycles. The number of halogens is 3. The third kappa shape index (κ3) is 5.02. The number of aromatic nitrogens is 1. The lowest BCUT2D eigenvalue weighted by molar-refractivity contribution is -0.162. The van der Waals surface area contributed by atoms with E-state index in [1.807, 2.05) is 6.92 Å². The van der Waals surface area contributed by atoms with Gasteiger partial charge < -0.3 is 4.90 Å². The van der Waals surface area contributed by atoms with E-state index in [9.17, 15) is 18.0 Å². The Bertz CT molecular complexity index is 481. The first kappa shape index (κ1) is 15.8. The van der Waals surface area contributed by atoms with Gasteiger partial charge in [0, 0.05) is 18.4 Å². The highest BCUT2D eigenvalue weighted by Crippen LogP contribution is 2.28. The van der Waals surface area contributed by atoms with Gasteiger partial charge in [-0.1, -0.05) is 12.5 Å². The maximum atomic E-state index is 12.6. The SMILES string of the molecule is Cc1ccc(CC(=O)N(CC2CCC2)CC(F)(F)F)cn1. The zero-order chi connectivity index (χ0) is 15.5. The van der Waals surface area contributed by atoms with E-state index >= 15 is 0 Å². The average Bonchev–Trinajstić information content (AvgIpc) is 2.33. The minimum absolute atomic E-state index is 0.0317. The highest BCUT2D eigenvalue weighted by molar-refractivity contribution is 5.78. The van der Waals surface area contributed by atoms with Crippen molar-refractivity contribution in [2.24, 2.45) is 5.92 Å². The molecule has 1 heterocycles. The molecule has 1 aliphatic carbocycles. The van der Waals surface area contributed by atoms with Crippen LogP contribution in [0.15, 0.2) is 18.3 Å². The van der Waals surface area contributed by atoms with Crippen molar-refractivity contribution in [1.29, 1.82) is 0 Å². The second kappa shape index (κ2) is 6.45. The van der Waals surface area contributed by atoms with E-state index in [-0.39, 0.29) is 18.9 Å². The Morgan fingerprint density at radius 3 is 2.57 bits per heavy atom. The molecule has 2 rings (SSSR count). The second-order valence-corrected chi connectivity index (χ2v) is 5.67. The molecule has 0 N–H and O–H groups in total. The lowest BCUT2D eigenvalue weighted by atomic mass is 9.85. The Hall–Kier alpha value is -1.59. The summed E-state index contributed by atoms with van der Waals surface area (Å²) in [7, 11) is 0. The standard InChI is InChI=1S/C15H19F3N2O/c1-11-5-6-13(8-19-11)7-14(21)20(10-15(16,17)18)9-12-3-2-4-12/h5-6,8,12H,2-4,7,9-10H2,1H3. The third-order valence-corrected chi connectivity index (χ3v) is 3.75. The van der Waals surface area contributed by atoms with Gasteiger partial charge in [0.2, 0.25) is 5.91 Å². The van der Waals surface area contributed by atoms with Crippen LogP contribution < -0.4 is 0 Å². The van der Waals surface area contributed by atoms with Gasteiger partial charge in [0.15, 0.2) is 0 Å². The molecule has 1 fully saturated rings. The van der Waals surface area contributed by atoms with Crippen molar-refractivity contribution >= 4 is 5.91 Å². The van der Waals surface area contributed by atoms with E-state index in [4.69, 9.17) is 0 Å². The van der Waals surface area contributed by atoms with Crippen LogP contribution in [0.3, 0.4) is 0 Å². The molecule has 0 bridgehead atoms. The second-order valence-electron chi connectivity index (χ2n) is 5.67. The monoisotopic (exact) mass is 300 g/mol. The van der Waals surface area contributed by atoms with E-state index in [1.165, 1.54) is 0 Å². The molecular formula is C15H19F3N2O. The van der Waals surface area contributed by atoms with Crippen LogP contribution in [-0.4, -0.2) is 35.1 Å². The number of alkyl halides is 3. The zero-order valence-corrected chi connectivity index (χ0v) is 12.0. The van der Waals surface area contributed by atoms with E-state index < -0.39 is 18.6 Å². The quantitative estimate of drug-likeness (QED) is 0.837. The fourth-order valence-corrected chi connectivity index (χ4v) is 2.35. The number of carbonyl (C=O) groups excluding carboxylic acids is 1. The Morgan fingerprint density at radius 1 is 1.38 bits per heavy atom. The summed E-state index contributed by atoms with van der Waals surface area (Å²) in [6.07, 6.45) is 0.0193. The van der Waals surface area contributed by atoms with Crippen molar-refractivity contribution in [2.75, 3.05) is 13.1 Å². The number of hydrogen-bond acceptors (Lipinski definition) is 2. The van der Waals surface area contributed by atoms with Gasteiger partial charge >= 0.3 is 6.18 Å². The molecule has 21 heavy (non-hydrogen) atoms. The zero-order valence-electron chi connectivity index (χ0n) is 12.0. The van der Waals surface area contributed by atoms with Crippen LogP contribution in [0.2, 0.25) is 0 Å². The minimum atomic E-state index is -4.36. The van der Waals surface area contributed by atoms with Crippen molar-refractivity contribution in [1.82, 2.24) is 9.88 Å². The van der Waals surface area contributed by atoms with Crippen molar-refractivity contribution in [3.63, 3.8) is 0 Å². The van der Waals surface area contributed by atoms with Gasteiger partial charge in [0.1, 0.15) is 6.54 Å². The molecule has 1 aliphatic rings. The summed E-state index contributed by atoms with van der Waals surface area (Å²) in [6.45, 7) is 0.859. The molecule has 0 aromatic carbocycles. The van der Waals surface area contributed by atoms with Gasteiger partial charge in [-0.25, -0.2) is 0 Å².